The van der Waals surface area contributed by atoms with Gasteiger partial charge in [-0.2, -0.15) is 5.10 Å². The quantitative estimate of drug-likeness (QED) is 0.886. The molecule has 1 saturated heterocycles. The third kappa shape index (κ3) is 4.07. The van der Waals surface area contributed by atoms with Crippen LogP contribution in [0.25, 0.3) is 11.1 Å². The van der Waals surface area contributed by atoms with Crippen molar-refractivity contribution in [2.75, 3.05) is 25.0 Å². The molecule has 3 rings (SSSR count). The lowest BCUT2D eigenvalue weighted by Crippen LogP contribution is -2.42. The molecule has 6 nitrogen and oxygen atoms in total. The van der Waals surface area contributed by atoms with Crippen LogP contribution in [0.3, 0.4) is 0 Å². The van der Waals surface area contributed by atoms with Crippen molar-refractivity contribution < 1.29 is 9.53 Å². The second-order valence-electron chi connectivity index (χ2n) is 6.76. The van der Waals surface area contributed by atoms with Gasteiger partial charge in [0.15, 0.2) is 0 Å². The zero-order valence-electron chi connectivity index (χ0n) is 15.9. The number of rotatable bonds is 5. The monoisotopic (exact) mass is 356 g/mol. The lowest BCUT2D eigenvalue weighted by atomic mass is 10.1. The SMILES string of the molecule is CCN(CC1CCCCO1)C(=O)Nc1c(-c2ccccc2)c(C)nn1C. The van der Waals surface area contributed by atoms with Crippen LogP contribution in [-0.2, 0) is 11.8 Å². The van der Waals surface area contributed by atoms with Gasteiger partial charge >= 0.3 is 6.03 Å². The number of likely N-dealkylation sites (N-methyl/N-ethyl adjacent to an activating group) is 1. The van der Waals surface area contributed by atoms with E-state index in [9.17, 15) is 4.79 Å². The molecule has 2 aromatic rings. The second-order valence-corrected chi connectivity index (χ2v) is 6.76. The fourth-order valence-electron chi connectivity index (χ4n) is 3.49. The van der Waals surface area contributed by atoms with Gasteiger partial charge in [0.05, 0.1) is 11.8 Å². The number of nitrogens with zero attached hydrogens (tertiary/aromatic N) is 3. The van der Waals surface area contributed by atoms with Crippen molar-refractivity contribution in [2.24, 2.45) is 7.05 Å². The summed E-state index contributed by atoms with van der Waals surface area (Å²) in [6.45, 7) is 6.02. The van der Waals surface area contributed by atoms with Gasteiger partial charge in [0.2, 0.25) is 0 Å². The van der Waals surface area contributed by atoms with Gasteiger partial charge in [-0.15, -0.1) is 0 Å². The predicted molar refractivity (Wildman–Crippen MR) is 103 cm³/mol. The van der Waals surface area contributed by atoms with Crippen molar-refractivity contribution in [3.8, 4) is 11.1 Å². The maximum atomic E-state index is 12.9. The summed E-state index contributed by atoms with van der Waals surface area (Å²) in [5.74, 6) is 0.724. The molecule has 0 bridgehead atoms. The first-order valence-electron chi connectivity index (χ1n) is 9.36. The number of urea groups is 1. The van der Waals surface area contributed by atoms with E-state index >= 15 is 0 Å². The lowest BCUT2D eigenvalue weighted by Gasteiger charge is -2.29. The Bertz CT molecular complexity index is 736. The third-order valence-electron chi connectivity index (χ3n) is 4.88. The summed E-state index contributed by atoms with van der Waals surface area (Å²) < 4.78 is 7.53. The molecular weight excluding hydrogens is 328 g/mol. The molecule has 2 amide bonds. The molecule has 0 radical (unpaired) electrons. The number of ether oxygens (including phenoxy) is 1. The number of nitrogens with one attached hydrogen (secondary N) is 1. The van der Waals surface area contributed by atoms with Crippen LogP contribution in [0.2, 0.25) is 0 Å². The minimum atomic E-state index is -0.109. The summed E-state index contributed by atoms with van der Waals surface area (Å²) in [4.78, 5) is 14.7. The molecule has 1 atom stereocenters. The van der Waals surface area contributed by atoms with E-state index in [4.69, 9.17) is 4.74 Å². The Kier molecular flexibility index (Phi) is 5.93. The second kappa shape index (κ2) is 8.36. The summed E-state index contributed by atoms with van der Waals surface area (Å²) in [6.07, 6.45) is 3.44. The molecule has 1 aliphatic rings. The number of anilines is 1. The van der Waals surface area contributed by atoms with Crippen LogP contribution in [0.5, 0.6) is 0 Å². The molecule has 0 aliphatic carbocycles. The van der Waals surface area contributed by atoms with E-state index < -0.39 is 0 Å². The van der Waals surface area contributed by atoms with Crippen molar-refractivity contribution in [1.29, 1.82) is 0 Å². The molecular formula is C20H28N4O2. The van der Waals surface area contributed by atoms with Crippen LogP contribution < -0.4 is 5.32 Å². The first kappa shape index (κ1) is 18.5. The Labute approximate surface area is 155 Å². The molecule has 1 aromatic carbocycles. The van der Waals surface area contributed by atoms with Gasteiger partial charge in [0.1, 0.15) is 5.82 Å². The van der Waals surface area contributed by atoms with E-state index in [1.54, 1.807) is 4.68 Å². The van der Waals surface area contributed by atoms with E-state index in [1.165, 1.54) is 6.42 Å². The zero-order valence-corrected chi connectivity index (χ0v) is 15.9. The summed E-state index contributed by atoms with van der Waals surface area (Å²) in [5.41, 5.74) is 2.91. The Morgan fingerprint density at radius 3 is 2.77 bits per heavy atom. The molecule has 1 aliphatic heterocycles. The topological polar surface area (TPSA) is 59.4 Å². The third-order valence-corrected chi connectivity index (χ3v) is 4.88. The Balaban J connectivity index is 1.78. The van der Waals surface area contributed by atoms with E-state index in [-0.39, 0.29) is 12.1 Å². The van der Waals surface area contributed by atoms with Crippen LogP contribution in [0, 0.1) is 6.92 Å². The highest BCUT2D eigenvalue weighted by molar-refractivity contribution is 5.93. The first-order chi connectivity index (χ1) is 12.6. The van der Waals surface area contributed by atoms with Crippen LogP contribution >= 0.6 is 0 Å². The number of aryl methyl sites for hydroxylation is 2. The highest BCUT2D eigenvalue weighted by atomic mass is 16.5. The molecule has 2 heterocycles. The number of aromatic nitrogens is 2. The Hall–Kier alpha value is -2.34. The molecule has 1 aromatic heterocycles. The van der Waals surface area contributed by atoms with Gasteiger partial charge in [-0.25, -0.2) is 4.79 Å². The van der Waals surface area contributed by atoms with Crippen molar-refractivity contribution in [3.05, 3.63) is 36.0 Å². The van der Waals surface area contributed by atoms with Crippen LogP contribution in [0.4, 0.5) is 10.6 Å². The van der Waals surface area contributed by atoms with Gasteiger partial charge in [0, 0.05) is 32.3 Å². The van der Waals surface area contributed by atoms with Gasteiger partial charge < -0.3 is 9.64 Å². The zero-order chi connectivity index (χ0) is 18.5. The number of carbonyl (C=O) groups is 1. The Morgan fingerprint density at radius 2 is 2.12 bits per heavy atom. The van der Waals surface area contributed by atoms with E-state index in [2.05, 4.69) is 10.4 Å². The van der Waals surface area contributed by atoms with Gasteiger partial charge in [-0.1, -0.05) is 30.3 Å². The molecule has 1 N–H and O–H groups in total. The molecule has 140 valence electrons. The van der Waals surface area contributed by atoms with Crippen molar-refractivity contribution in [1.82, 2.24) is 14.7 Å². The minimum absolute atomic E-state index is 0.109. The molecule has 1 fully saturated rings. The fourth-order valence-corrected chi connectivity index (χ4v) is 3.49. The summed E-state index contributed by atoms with van der Waals surface area (Å²) in [5, 5.41) is 7.57. The fraction of sp³-hybridized carbons (Fsp3) is 0.500. The van der Waals surface area contributed by atoms with Gasteiger partial charge in [-0.3, -0.25) is 10.00 Å². The standard InChI is InChI=1S/C20H28N4O2/c1-4-24(14-17-12-8-9-13-26-17)20(25)21-19-18(15(2)22-23(19)3)16-10-6-5-7-11-16/h5-7,10-11,17H,4,8-9,12-14H2,1-3H3,(H,21,25). The van der Waals surface area contributed by atoms with Crippen molar-refractivity contribution in [3.63, 3.8) is 0 Å². The van der Waals surface area contributed by atoms with Crippen molar-refractivity contribution in [2.45, 2.75) is 39.2 Å². The van der Waals surface area contributed by atoms with Gasteiger partial charge in [-0.05, 0) is 38.7 Å². The van der Waals surface area contributed by atoms with Crippen LogP contribution in [0.1, 0.15) is 31.9 Å². The van der Waals surface area contributed by atoms with Crippen molar-refractivity contribution >= 4 is 11.8 Å². The largest absolute Gasteiger partial charge is 0.376 e. The highest BCUT2D eigenvalue weighted by Crippen LogP contribution is 2.31. The number of hydrogen-bond donors (Lipinski definition) is 1. The maximum Gasteiger partial charge on any atom is 0.323 e. The number of benzene rings is 1. The maximum absolute atomic E-state index is 12.9. The van der Waals surface area contributed by atoms with E-state index in [0.717, 1.165) is 42.1 Å². The average Bonchev–Trinajstić information content (AvgIpc) is 2.94. The minimum Gasteiger partial charge on any atom is -0.376 e. The highest BCUT2D eigenvalue weighted by Gasteiger charge is 2.23. The number of amides is 2. The van der Waals surface area contributed by atoms with Crippen LogP contribution in [0.15, 0.2) is 30.3 Å². The molecule has 0 spiro atoms. The summed E-state index contributed by atoms with van der Waals surface area (Å²) in [7, 11) is 1.86. The summed E-state index contributed by atoms with van der Waals surface area (Å²) >= 11 is 0. The number of carbonyl (C=O) groups excluding carboxylic acids is 1. The van der Waals surface area contributed by atoms with E-state index in [1.807, 2.05) is 56.1 Å². The van der Waals surface area contributed by atoms with Crippen LogP contribution in [-0.4, -0.2) is 46.5 Å². The average molecular weight is 356 g/mol. The van der Waals surface area contributed by atoms with E-state index in [0.29, 0.717) is 13.1 Å². The lowest BCUT2D eigenvalue weighted by molar-refractivity contribution is 0.00220. The molecule has 26 heavy (non-hydrogen) atoms. The molecule has 1 unspecified atom stereocenters. The number of hydrogen-bond acceptors (Lipinski definition) is 3. The van der Waals surface area contributed by atoms with Gasteiger partial charge in [0.25, 0.3) is 0 Å². The summed E-state index contributed by atoms with van der Waals surface area (Å²) in [6, 6.07) is 9.93. The predicted octanol–water partition coefficient (Wildman–Crippen LogP) is 3.82. The normalized spacial score (nSPS) is 17.1. The smallest absolute Gasteiger partial charge is 0.323 e. The first-order valence-corrected chi connectivity index (χ1v) is 9.36. The molecule has 6 heteroatoms. The molecule has 0 saturated carbocycles. The Morgan fingerprint density at radius 1 is 1.35 bits per heavy atom.